The molecule has 3 nitrogen and oxygen atoms in total. The summed E-state index contributed by atoms with van der Waals surface area (Å²) in [6, 6.07) is 9.26. The molecule has 1 N–H and O–H groups in total. The predicted molar refractivity (Wildman–Crippen MR) is 90.2 cm³/mol. The van der Waals surface area contributed by atoms with Crippen LogP contribution in [0.5, 0.6) is 11.5 Å². The van der Waals surface area contributed by atoms with Crippen LogP contribution in [-0.2, 0) is 0 Å². The Labute approximate surface area is 141 Å². The summed E-state index contributed by atoms with van der Waals surface area (Å²) in [7, 11) is 3.17. The summed E-state index contributed by atoms with van der Waals surface area (Å²) in [5.74, 6) is 1.29. The van der Waals surface area contributed by atoms with Crippen molar-refractivity contribution in [1.29, 1.82) is 0 Å². The zero-order chi connectivity index (χ0) is 15.6. The highest BCUT2D eigenvalue weighted by molar-refractivity contribution is 9.11. The van der Waals surface area contributed by atoms with E-state index in [9.17, 15) is 5.11 Å². The molecule has 0 spiro atoms. The first-order valence-electron chi connectivity index (χ1n) is 6.33. The topological polar surface area (TPSA) is 38.7 Å². The molecule has 0 fully saturated rings. The lowest BCUT2D eigenvalue weighted by Gasteiger charge is -2.17. The van der Waals surface area contributed by atoms with Crippen LogP contribution >= 0.6 is 31.9 Å². The van der Waals surface area contributed by atoms with Gasteiger partial charge in [0.15, 0.2) is 0 Å². The van der Waals surface area contributed by atoms with Crippen LogP contribution in [0.1, 0.15) is 22.8 Å². The second-order valence-corrected chi connectivity index (χ2v) is 6.38. The van der Waals surface area contributed by atoms with E-state index in [2.05, 4.69) is 31.9 Å². The number of rotatable bonds is 4. The number of hydrogen-bond acceptors (Lipinski definition) is 3. The maximum absolute atomic E-state index is 10.7. The maximum atomic E-state index is 10.7. The van der Waals surface area contributed by atoms with E-state index in [0.717, 1.165) is 20.1 Å². The first-order valence-corrected chi connectivity index (χ1v) is 7.91. The Morgan fingerprint density at radius 1 is 0.905 bits per heavy atom. The number of hydrogen-bond donors (Lipinski definition) is 1. The van der Waals surface area contributed by atoms with Gasteiger partial charge in [-0.25, -0.2) is 0 Å². The highest BCUT2D eigenvalue weighted by Gasteiger charge is 2.17. The van der Waals surface area contributed by atoms with E-state index >= 15 is 0 Å². The van der Waals surface area contributed by atoms with Crippen LogP contribution in [0.4, 0.5) is 0 Å². The summed E-state index contributed by atoms with van der Waals surface area (Å²) < 4.78 is 12.3. The van der Waals surface area contributed by atoms with Crippen molar-refractivity contribution in [3.05, 3.63) is 56.0 Å². The van der Waals surface area contributed by atoms with Gasteiger partial charge in [-0.05, 0) is 42.3 Å². The molecule has 0 aromatic heterocycles. The summed E-state index contributed by atoms with van der Waals surface area (Å²) in [5.41, 5.74) is 2.59. The first kappa shape index (κ1) is 16.3. The summed E-state index contributed by atoms with van der Waals surface area (Å²) in [5, 5.41) is 10.7. The van der Waals surface area contributed by atoms with Crippen LogP contribution in [0.15, 0.2) is 39.3 Å². The van der Waals surface area contributed by atoms with Crippen molar-refractivity contribution in [1.82, 2.24) is 0 Å². The highest BCUT2D eigenvalue weighted by Crippen LogP contribution is 2.35. The van der Waals surface area contributed by atoms with E-state index in [4.69, 9.17) is 9.47 Å². The molecule has 2 aromatic carbocycles. The maximum Gasteiger partial charge on any atom is 0.122 e. The minimum atomic E-state index is -0.778. The second-order valence-electron chi connectivity index (χ2n) is 4.67. The van der Waals surface area contributed by atoms with Gasteiger partial charge in [0.25, 0.3) is 0 Å². The van der Waals surface area contributed by atoms with Gasteiger partial charge in [0.05, 0.1) is 14.2 Å². The Morgan fingerprint density at radius 2 is 1.48 bits per heavy atom. The molecule has 0 heterocycles. The third kappa shape index (κ3) is 3.59. The minimum Gasteiger partial charge on any atom is -0.497 e. The highest BCUT2D eigenvalue weighted by atomic mass is 79.9. The van der Waals surface area contributed by atoms with Crippen molar-refractivity contribution in [2.75, 3.05) is 14.2 Å². The molecule has 0 amide bonds. The van der Waals surface area contributed by atoms with Gasteiger partial charge in [0.1, 0.15) is 17.6 Å². The van der Waals surface area contributed by atoms with Crippen LogP contribution < -0.4 is 9.47 Å². The Kier molecular flexibility index (Phi) is 5.30. The average molecular weight is 416 g/mol. The molecule has 2 aromatic rings. The molecular weight excluding hydrogens is 400 g/mol. The van der Waals surface area contributed by atoms with Crippen molar-refractivity contribution in [3.8, 4) is 11.5 Å². The molecule has 0 aliphatic rings. The van der Waals surface area contributed by atoms with Gasteiger partial charge >= 0.3 is 0 Å². The lowest BCUT2D eigenvalue weighted by Crippen LogP contribution is -2.02. The fourth-order valence-electron chi connectivity index (χ4n) is 2.04. The van der Waals surface area contributed by atoms with Crippen LogP contribution in [0.25, 0.3) is 0 Å². The van der Waals surface area contributed by atoms with Gasteiger partial charge in [-0.3, -0.25) is 0 Å². The van der Waals surface area contributed by atoms with E-state index in [-0.39, 0.29) is 0 Å². The standard InChI is InChI=1S/C16H16Br2O3/c1-9-4-15(18)13(8-14(9)17)16(19)10-5-11(20-2)7-12(6-10)21-3/h4-8,16,19H,1-3H3. The van der Waals surface area contributed by atoms with Gasteiger partial charge in [-0.2, -0.15) is 0 Å². The number of halogens is 2. The van der Waals surface area contributed by atoms with Gasteiger partial charge < -0.3 is 14.6 Å². The number of aliphatic hydroxyl groups is 1. The Bertz CT molecular complexity index is 634. The Hall–Kier alpha value is -1.04. The van der Waals surface area contributed by atoms with Crippen LogP contribution in [-0.4, -0.2) is 19.3 Å². The molecule has 0 saturated heterocycles. The molecule has 0 aliphatic heterocycles. The smallest absolute Gasteiger partial charge is 0.122 e. The van der Waals surface area contributed by atoms with E-state index < -0.39 is 6.10 Å². The monoisotopic (exact) mass is 414 g/mol. The summed E-state index contributed by atoms with van der Waals surface area (Å²) in [6.45, 7) is 2.00. The third-order valence-corrected chi connectivity index (χ3v) is 4.80. The van der Waals surface area contributed by atoms with Gasteiger partial charge in [-0.15, -0.1) is 0 Å². The van der Waals surface area contributed by atoms with Crippen molar-refractivity contribution in [3.63, 3.8) is 0 Å². The molecule has 1 unspecified atom stereocenters. The zero-order valence-corrected chi connectivity index (χ0v) is 15.2. The largest absolute Gasteiger partial charge is 0.497 e. The van der Waals surface area contributed by atoms with E-state index in [1.165, 1.54) is 0 Å². The van der Waals surface area contributed by atoms with Crippen molar-refractivity contribution in [2.45, 2.75) is 13.0 Å². The van der Waals surface area contributed by atoms with Crippen molar-refractivity contribution < 1.29 is 14.6 Å². The van der Waals surface area contributed by atoms with E-state index in [1.807, 2.05) is 19.1 Å². The Morgan fingerprint density at radius 3 is 2.00 bits per heavy atom. The summed E-state index contributed by atoms with van der Waals surface area (Å²) >= 11 is 7.00. The van der Waals surface area contributed by atoms with Gasteiger partial charge in [-0.1, -0.05) is 31.9 Å². The van der Waals surface area contributed by atoms with Crippen molar-refractivity contribution >= 4 is 31.9 Å². The summed E-state index contributed by atoms with van der Waals surface area (Å²) in [4.78, 5) is 0. The average Bonchev–Trinajstić information content (AvgIpc) is 2.49. The molecule has 0 saturated carbocycles. The van der Waals surface area contributed by atoms with Crippen LogP contribution in [0, 0.1) is 6.92 Å². The molecule has 21 heavy (non-hydrogen) atoms. The number of aliphatic hydroxyl groups excluding tert-OH is 1. The fourth-order valence-corrected chi connectivity index (χ4v) is 3.07. The normalized spacial score (nSPS) is 12.1. The Balaban J connectivity index is 2.49. The fraction of sp³-hybridized carbons (Fsp3) is 0.250. The molecular formula is C16H16Br2O3. The number of ether oxygens (including phenoxy) is 2. The predicted octanol–water partition coefficient (Wildman–Crippen LogP) is 4.62. The minimum absolute atomic E-state index is 0.644. The van der Waals surface area contributed by atoms with Gasteiger partial charge in [0.2, 0.25) is 0 Å². The molecule has 0 radical (unpaired) electrons. The third-order valence-electron chi connectivity index (χ3n) is 3.26. The SMILES string of the molecule is COc1cc(OC)cc(C(O)c2cc(Br)c(C)cc2Br)c1. The van der Waals surface area contributed by atoms with Crippen LogP contribution in [0.3, 0.4) is 0 Å². The molecule has 0 bridgehead atoms. The summed E-state index contributed by atoms with van der Waals surface area (Å²) in [6.07, 6.45) is -0.778. The lowest BCUT2D eigenvalue weighted by atomic mass is 10.00. The molecule has 5 heteroatoms. The van der Waals surface area contributed by atoms with Crippen molar-refractivity contribution in [2.24, 2.45) is 0 Å². The number of aryl methyl sites for hydroxylation is 1. The molecule has 0 aliphatic carbocycles. The molecule has 2 rings (SSSR count). The van der Waals surface area contributed by atoms with E-state index in [1.54, 1.807) is 32.4 Å². The molecule has 1 atom stereocenters. The molecule has 112 valence electrons. The number of methoxy groups -OCH3 is 2. The quantitative estimate of drug-likeness (QED) is 0.791. The lowest BCUT2D eigenvalue weighted by molar-refractivity contribution is 0.218. The number of benzene rings is 2. The first-order chi connectivity index (χ1) is 9.96. The zero-order valence-electron chi connectivity index (χ0n) is 12.0. The van der Waals surface area contributed by atoms with Gasteiger partial charge in [0, 0.05) is 20.6 Å². The van der Waals surface area contributed by atoms with E-state index in [0.29, 0.717) is 17.1 Å². The second kappa shape index (κ2) is 6.81. The van der Waals surface area contributed by atoms with Crippen LogP contribution in [0.2, 0.25) is 0 Å².